The van der Waals surface area contributed by atoms with Crippen molar-refractivity contribution in [1.82, 2.24) is 4.90 Å². The first-order valence-corrected chi connectivity index (χ1v) is 9.96. The molecule has 1 aliphatic carbocycles. The Balaban J connectivity index is 1.49. The third-order valence-corrected chi connectivity index (χ3v) is 6.70. The van der Waals surface area contributed by atoms with Crippen LogP contribution in [-0.4, -0.2) is 28.8 Å². The van der Waals surface area contributed by atoms with E-state index >= 15 is 0 Å². The van der Waals surface area contributed by atoms with Crippen molar-refractivity contribution in [3.8, 4) is 0 Å². The Hall–Kier alpha value is -1.39. The maximum atomic E-state index is 10.7. The average molecular weight is 371 g/mol. The van der Waals surface area contributed by atoms with Crippen molar-refractivity contribution < 1.29 is 5.11 Å². The van der Waals surface area contributed by atoms with Crippen molar-refractivity contribution in [2.24, 2.45) is 5.73 Å². The molecule has 0 amide bonds. The Morgan fingerprint density at radius 1 is 1.08 bits per heavy atom. The fourth-order valence-corrected chi connectivity index (χ4v) is 5.01. The molecule has 0 saturated heterocycles. The Labute approximate surface area is 160 Å². The van der Waals surface area contributed by atoms with Crippen molar-refractivity contribution in [2.45, 2.75) is 56.3 Å². The first-order valence-electron chi connectivity index (χ1n) is 9.58. The minimum atomic E-state index is -0.383. The second-order valence-electron chi connectivity index (χ2n) is 7.85. The number of nitrogens with zero attached hydrogens (tertiary/aromatic N) is 1. The molecule has 1 fully saturated rings. The van der Waals surface area contributed by atoms with E-state index in [-0.39, 0.29) is 11.6 Å². The standard InChI is InChI=1S/C22H27ClN2O/c23-19-7-3-6-18(13-19)22(15-24)10-8-20(9-11-22)25-14-17-5-2-1-4-16(17)12-21(25)26/h1-7,13,20-21,26H,8-12,14-15,24H2. The highest BCUT2D eigenvalue weighted by atomic mass is 35.5. The maximum Gasteiger partial charge on any atom is 0.112 e. The first-order chi connectivity index (χ1) is 12.6. The number of nitrogens with two attached hydrogens (primary N) is 1. The zero-order valence-corrected chi connectivity index (χ0v) is 15.8. The van der Waals surface area contributed by atoms with Crippen LogP contribution in [-0.2, 0) is 18.4 Å². The number of hydrogen-bond donors (Lipinski definition) is 2. The molecule has 0 radical (unpaired) electrons. The molecular weight excluding hydrogens is 344 g/mol. The van der Waals surface area contributed by atoms with Crippen molar-refractivity contribution in [2.75, 3.05) is 6.54 Å². The normalized spacial score (nSPS) is 29.3. The Morgan fingerprint density at radius 3 is 2.50 bits per heavy atom. The van der Waals surface area contributed by atoms with Gasteiger partial charge < -0.3 is 10.8 Å². The third kappa shape index (κ3) is 3.29. The van der Waals surface area contributed by atoms with Gasteiger partial charge in [-0.2, -0.15) is 0 Å². The van der Waals surface area contributed by atoms with Gasteiger partial charge in [0, 0.05) is 36.0 Å². The summed E-state index contributed by atoms with van der Waals surface area (Å²) < 4.78 is 0. The zero-order valence-electron chi connectivity index (χ0n) is 15.1. The van der Waals surface area contributed by atoms with Gasteiger partial charge in [-0.3, -0.25) is 4.90 Å². The van der Waals surface area contributed by atoms with Gasteiger partial charge in [0.15, 0.2) is 0 Å². The molecule has 3 N–H and O–H groups in total. The zero-order chi connectivity index (χ0) is 18.1. The highest BCUT2D eigenvalue weighted by Gasteiger charge is 2.39. The minimum Gasteiger partial charge on any atom is -0.378 e. The van der Waals surface area contributed by atoms with Crippen LogP contribution in [0.3, 0.4) is 0 Å². The van der Waals surface area contributed by atoms with E-state index in [0.717, 1.165) is 43.7 Å². The van der Waals surface area contributed by atoms with Gasteiger partial charge in [-0.25, -0.2) is 0 Å². The molecule has 0 spiro atoms. The van der Waals surface area contributed by atoms with E-state index < -0.39 is 0 Å². The molecule has 1 aliphatic heterocycles. The molecule has 1 saturated carbocycles. The fourth-order valence-electron chi connectivity index (χ4n) is 4.82. The van der Waals surface area contributed by atoms with Gasteiger partial charge >= 0.3 is 0 Å². The first kappa shape index (κ1) is 18.0. The monoisotopic (exact) mass is 370 g/mol. The van der Waals surface area contributed by atoms with Crippen LogP contribution in [0, 0.1) is 0 Å². The number of halogens is 1. The van der Waals surface area contributed by atoms with Crippen molar-refractivity contribution >= 4 is 11.6 Å². The molecule has 2 aliphatic rings. The quantitative estimate of drug-likeness (QED) is 0.862. The van der Waals surface area contributed by atoms with E-state index in [1.807, 2.05) is 12.1 Å². The molecule has 4 heteroatoms. The molecule has 26 heavy (non-hydrogen) atoms. The Kier molecular flexibility index (Phi) is 5.07. The third-order valence-electron chi connectivity index (χ3n) is 6.47. The van der Waals surface area contributed by atoms with Crippen LogP contribution in [0.2, 0.25) is 5.02 Å². The molecule has 1 atom stereocenters. The number of benzene rings is 2. The average Bonchev–Trinajstić information content (AvgIpc) is 2.67. The number of aliphatic hydroxyl groups is 1. The van der Waals surface area contributed by atoms with E-state index in [2.05, 4.69) is 41.3 Å². The van der Waals surface area contributed by atoms with Crippen LogP contribution < -0.4 is 5.73 Å². The van der Waals surface area contributed by atoms with Crippen molar-refractivity contribution in [3.63, 3.8) is 0 Å². The van der Waals surface area contributed by atoms with E-state index in [0.29, 0.717) is 12.6 Å². The van der Waals surface area contributed by atoms with Crippen molar-refractivity contribution in [1.29, 1.82) is 0 Å². The smallest absolute Gasteiger partial charge is 0.112 e. The maximum absolute atomic E-state index is 10.7. The Bertz CT molecular complexity index is 770. The molecule has 1 unspecified atom stereocenters. The van der Waals surface area contributed by atoms with Gasteiger partial charge in [0.25, 0.3) is 0 Å². The lowest BCUT2D eigenvalue weighted by molar-refractivity contribution is -0.0525. The molecule has 2 aromatic carbocycles. The predicted molar refractivity (Wildman–Crippen MR) is 106 cm³/mol. The lowest BCUT2D eigenvalue weighted by atomic mass is 9.68. The molecule has 3 nitrogen and oxygen atoms in total. The summed E-state index contributed by atoms with van der Waals surface area (Å²) in [4.78, 5) is 2.29. The van der Waals surface area contributed by atoms with E-state index in [1.165, 1.54) is 16.7 Å². The van der Waals surface area contributed by atoms with Gasteiger partial charge in [0.1, 0.15) is 6.23 Å². The van der Waals surface area contributed by atoms with Gasteiger partial charge in [-0.05, 0) is 54.5 Å². The fraction of sp³-hybridized carbons (Fsp3) is 0.455. The van der Waals surface area contributed by atoms with Crippen LogP contribution in [0.15, 0.2) is 48.5 Å². The summed E-state index contributed by atoms with van der Waals surface area (Å²) in [6.07, 6.45) is 4.54. The molecule has 1 heterocycles. The lowest BCUT2D eigenvalue weighted by Gasteiger charge is -2.46. The summed E-state index contributed by atoms with van der Waals surface area (Å²) in [7, 11) is 0. The van der Waals surface area contributed by atoms with E-state index in [1.54, 1.807) is 0 Å². The molecular formula is C22H27ClN2O. The summed E-state index contributed by atoms with van der Waals surface area (Å²) in [5, 5.41) is 11.5. The number of rotatable bonds is 3. The Morgan fingerprint density at radius 2 is 1.81 bits per heavy atom. The summed E-state index contributed by atoms with van der Waals surface area (Å²) in [5.41, 5.74) is 10.1. The van der Waals surface area contributed by atoms with Crippen molar-refractivity contribution in [3.05, 3.63) is 70.2 Å². The second-order valence-corrected chi connectivity index (χ2v) is 8.29. The van der Waals surface area contributed by atoms with Gasteiger partial charge in [-0.15, -0.1) is 0 Å². The van der Waals surface area contributed by atoms with Gasteiger partial charge in [-0.1, -0.05) is 48.0 Å². The largest absolute Gasteiger partial charge is 0.378 e. The number of fused-ring (bicyclic) bond motifs is 1. The van der Waals surface area contributed by atoms with Crippen LogP contribution in [0.25, 0.3) is 0 Å². The van der Waals surface area contributed by atoms with Gasteiger partial charge in [0.05, 0.1) is 0 Å². The van der Waals surface area contributed by atoms with E-state index in [9.17, 15) is 5.11 Å². The topological polar surface area (TPSA) is 49.5 Å². The van der Waals surface area contributed by atoms with E-state index in [4.69, 9.17) is 17.3 Å². The summed E-state index contributed by atoms with van der Waals surface area (Å²) >= 11 is 6.22. The van der Waals surface area contributed by atoms with Crippen LogP contribution in [0.4, 0.5) is 0 Å². The summed E-state index contributed by atoms with van der Waals surface area (Å²) in [6.45, 7) is 1.49. The molecule has 2 aromatic rings. The van der Waals surface area contributed by atoms with Crippen LogP contribution >= 0.6 is 11.6 Å². The molecule has 4 rings (SSSR count). The second kappa shape index (κ2) is 7.32. The minimum absolute atomic E-state index is 0.0139. The summed E-state index contributed by atoms with van der Waals surface area (Å²) in [6, 6.07) is 17.1. The molecule has 0 bridgehead atoms. The molecule has 0 aromatic heterocycles. The van der Waals surface area contributed by atoms with Gasteiger partial charge in [0.2, 0.25) is 0 Å². The lowest BCUT2D eigenvalue weighted by Crippen LogP contribution is -2.50. The highest BCUT2D eigenvalue weighted by molar-refractivity contribution is 6.30. The molecule has 138 valence electrons. The highest BCUT2D eigenvalue weighted by Crippen LogP contribution is 2.42. The SMILES string of the molecule is NCC1(c2cccc(Cl)c2)CCC(N2Cc3ccccc3CC2O)CC1. The number of aliphatic hydroxyl groups excluding tert-OH is 1. The predicted octanol–water partition coefficient (Wildman–Crippen LogP) is 3.86. The van der Waals surface area contributed by atoms with Crippen LogP contribution in [0.1, 0.15) is 42.4 Å². The number of hydrogen-bond acceptors (Lipinski definition) is 3. The summed E-state index contributed by atoms with van der Waals surface area (Å²) in [5.74, 6) is 0. The van der Waals surface area contributed by atoms with Crippen LogP contribution in [0.5, 0.6) is 0 Å².